The van der Waals surface area contributed by atoms with Gasteiger partial charge in [-0.2, -0.15) is 0 Å². The number of pyridine rings is 1. The third-order valence-corrected chi connectivity index (χ3v) is 3.54. The lowest BCUT2D eigenvalue weighted by Gasteiger charge is -2.29. The zero-order valence-corrected chi connectivity index (χ0v) is 10.8. The minimum absolute atomic E-state index is 0.477. The Morgan fingerprint density at radius 2 is 2.41 bits per heavy atom. The van der Waals surface area contributed by atoms with Crippen LogP contribution in [-0.4, -0.2) is 31.3 Å². The Morgan fingerprint density at radius 3 is 3.00 bits per heavy atom. The van der Waals surface area contributed by atoms with Crippen LogP contribution in [0.15, 0.2) is 18.3 Å². The van der Waals surface area contributed by atoms with E-state index in [1.165, 1.54) is 24.1 Å². The van der Waals surface area contributed by atoms with E-state index in [1.807, 2.05) is 13.2 Å². The Balaban J connectivity index is 1.96. The summed E-state index contributed by atoms with van der Waals surface area (Å²) in [5.41, 5.74) is 2.39. The van der Waals surface area contributed by atoms with E-state index < -0.39 is 0 Å². The van der Waals surface area contributed by atoms with E-state index in [1.54, 1.807) is 0 Å². The SMILES string of the molecule is CNC(Cc1ccc(C)cn1)C1CCCOC1. The topological polar surface area (TPSA) is 34.2 Å². The van der Waals surface area contributed by atoms with Gasteiger partial charge in [0.05, 0.1) is 6.61 Å². The lowest BCUT2D eigenvalue weighted by molar-refractivity contribution is 0.0403. The molecule has 0 aliphatic carbocycles. The first-order valence-corrected chi connectivity index (χ1v) is 6.46. The molecule has 1 N–H and O–H groups in total. The van der Waals surface area contributed by atoms with Crippen LogP contribution >= 0.6 is 0 Å². The molecule has 2 atom stereocenters. The van der Waals surface area contributed by atoms with Gasteiger partial charge in [-0.05, 0) is 44.4 Å². The number of rotatable bonds is 4. The maximum atomic E-state index is 5.56. The summed E-state index contributed by atoms with van der Waals surface area (Å²) in [6.07, 6.45) is 5.38. The molecule has 1 aromatic heterocycles. The van der Waals surface area contributed by atoms with Gasteiger partial charge in [0.15, 0.2) is 0 Å². The van der Waals surface area contributed by atoms with E-state index in [4.69, 9.17) is 4.74 Å². The fourth-order valence-electron chi connectivity index (χ4n) is 2.43. The maximum Gasteiger partial charge on any atom is 0.0509 e. The third kappa shape index (κ3) is 3.51. The van der Waals surface area contributed by atoms with E-state index in [0.29, 0.717) is 12.0 Å². The lowest BCUT2D eigenvalue weighted by Crippen LogP contribution is -2.40. The van der Waals surface area contributed by atoms with Crippen molar-refractivity contribution in [1.82, 2.24) is 10.3 Å². The summed E-state index contributed by atoms with van der Waals surface area (Å²) in [6, 6.07) is 4.74. The van der Waals surface area contributed by atoms with Crippen molar-refractivity contribution in [3.05, 3.63) is 29.6 Å². The summed E-state index contributed by atoms with van der Waals surface area (Å²) < 4.78 is 5.56. The van der Waals surface area contributed by atoms with Gasteiger partial charge in [0, 0.05) is 31.0 Å². The Hall–Kier alpha value is -0.930. The van der Waals surface area contributed by atoms with Gasteiger partial charge >= 0.3 is 0 Å². The predicted molar refractivity (Wildman–Crippen MR) is 69.1 cm³/mol. The summed E-state index contributed by atoms with van der Waals surface area (Å²) in [5.74, 6) is 0.622. The second-order valence-corrected chi connectivity index (χ2v) is 4.90. The zero-order valence-electron chi connectivity index (χ0n) is 10.8. The average Bonchev–Trinajstić information content (AvgIpc) is 2.39. The minimum Gasteiger partial charge on any atom is -0.381 e. The molecule has 1 aromatic rings. The molecule has 3 heteroatoms. The molecule has 0 spiro atoms. The third-order valence-electron chi connectivity index (χ3n) is 3.54. The molecule has 0 amide bonds. The smallest absolute Gasteiger partial charge is 0.0509 e. The highest BCUT2D eigenvalue weighted by Crippen LogP contribution is 2.19. The minimum atomic E-state index is 0.477. The molecule has 2 heterocycles. The molecule has 2 unspecified atom stereocenters. The normalized spacial score (nSPS) is 22.4. The molecule has 17 heavy (non-hydrogen) atoms. The molecular weight excluding hydrogens is 212 g/mol. The monoisotopic (exact) mass is 234 g/mol. The van der Waals surface area contributed by atoms with Crippen molar-refractivity contribution in [3.8, 4) is 0 Å². The van der Waals surface area contributed by atoms with Gasteiger partial charge in [-0.1, -0.05) is 6.07 Å². The molecule has 0 aromatic carbocycles. The molecular formula is C14H22N2O. The first-order valence-electron chi connectivity index (χ1n) is 6.46. The highest BCUT2D eigenvalue weighted by molar-refractivity contribution is 5.13. The second-order valence-electron chi connectivity index (χ2n) is 4.90. The van der Waals surface area contributed by atoms with E-state index in [0.717, 1.165) is 19.6 Å². The van der Waals surface area contributed by atoms with Crippen molar-refractivity contribution in [1.29, 1.82) is 0 Å². The number of nitrogens with one attached hydrogen (secondary N) is 1. The quantitative estimate of drug-likeness (QED) is 0.864. The molecule has 2 rings (SSSR count). The summed E-state index contributed by atoms with van der Waals surface area (Å²) in [5, 5.41) is 3.41. The first-order chi connectivity index (χ1) is 8.29. The van der Waals surface area contributed by atoms with Crippen LogP contribution in [0.1, 0.15) is 24.1 Å². The Kier molecular flexibility index (Phi) is 4.51. The van der Waals surface area contributed by atoms with Crippen LogP contribution in [-0.2, 0) is 11.2 Å². The van der Waals surface area contributed by atoms with Gasteiger partial charge in [0.1, 0.15) is 0 Å². The maximum absolute atomic E-state index is 5.56. The number of hydrogen-bond acceptors (Lipinski definition) is 3. The Labute approximate surface area is 104 Å². The van der Waals surface area contributed by atoms with Crippen molar-refractivity contribution >= 4 is 0 Å². The molecule has 1 saturated heterocycles. The molecule has 0 bridgehead atoms. The molecule has 1 fully saturated rings. The van der Waals surface area contributed by atoms with E-state index in [9.17, 15) is 0 Å². The predicted octanol–water partition coefficient (Wildman–Crippen LogP) is 1.95. The van der Waals surface area contributed by atoms with Crippen molar-refractivity contribution in [2.75, 3.05) is 20.3 Å². The van der Waals surface area contributed by atoms with Gasteiger partial charge in [-0.3, -0.25) is 4.98 Å². The zero-order chi connectivity index (χ0) is 12.1. The second kappa shape index (κ2) is 6.12. The van der Waals surface area contributed by atoms with Crippen molar-refractivity contribution in [3.63, 3.8) is 0 Å². The molecule has 94 valence electrons. The number of aryl methyl sites for hydroxylation is 1. The number of hydrogen-bond donors (Lipinski definition) is 1. The van der Waals surface area contributed by atoms with Gasteiger partial charge in [-0.15, -0.1) is 0 Å². The van der Waals surface area contributed by atoms with Crippen LogP contribution in [0.4, 0.5) is 0 Å². The average molecular weight is 234 g/mol. The summed E-state index contributed by atoms with van der Waals surface area (Å²) >= 11 is 0. The van der Waals surface area contributed by atoms with E-state index in [-0.39, 0.29) is 0 Å². The molecule has 1 aliphatic rings. The summed E-state index contributed by atoms with van der Waals surface area (Å²) in [4.78, 5) is 4.48. The Bertz CT molecular complexity index is 331. The van der Waals surface area contributed by atoms with Crippen LogP contribution in [0.5, 0.6) is 0 Å². The standard InChI is InChI=1S/C14H22N2O/c1-11-5-6-13(16-9-11)8-14(15-2)12-4-3-7-17-10-12/h5-6,9,12,14-15H,3-4,7-8,10H2,1-2H3. The van der Waals surface area contributed by atoms with Crippen molar-refractivity contribution in [2.24, 2.45) is 5.92 Å². The fourth-order valence-corrected chi connectivity index (χ4v) is 2.43. The molecule has 0 radical (unpaired) electrons. The first kappa shape index (κ1) is 12.5. The van der Waals surface area contributed by atoms with Crippen LogP contribution in [0, 0.1) is 12.8 Å². The van der Waals surface area contributed by atoms with Gasteiger partial charge in [-0.25, -0.2) is 0 Å². The van der Waals surface area contributed by atoms with Gasteiger partial charge in [0.2, 0.25) is 0 Å². The van der Waals surface area contributed by atoms with Gasteiger partial charge < -0.3 is 10.1 Å². The molecule has 3 nitrogen and oxygen atoms in total. The number of aromatic nitrogens is 1. The summed E-state index contributed by atoms with van der Waals surface area (Å²) in [7, 11) is 2.04. The largest absolute Gasteiger partial charge is 0.381 e. The summed E-state index contributed by atoms with van der Waals surface area (Å²) in [6.45, 7) is 3.88. The highest BCUT2D eigenvalue weighted by Gasteiger charge is 2.23. The van der Waals surface area contributed by atoms with Crippen LogP contribution in [0.3, 0.4) is 0 Å². The van der Waals surface area contributed by atoms with Crippen molar-refractivity contribution in [2.45, 2.75) is 32.2 Å². The van der Waals surface area contributed by atoms with Crippen LogP contribution in [0.2, 0.25) is 0 Å². The number of likely N-dealkylation sites (N-methyl/N-ethyl adjacent to an activating group) is 1. The lowest BCUT2D eigenvalue weighted by atomic mass is 9.90. The van der Waals surface area contributed by atoms with E-state index >= 15 is 0 Å². The number of nitrogens with zero attached hydrogens (tertiary/aromatic N) is 1. The molecule has 1 aliphatic heterocycles. The van der Waals surface area contributed by atoms with Crippen LogP contribution in [0.25, 0.3) is 0 Å². The van der Waals surface area contributed by atoms with E-state index in [2.05, 4.69) is 29.4 Å². The highest BCUT2D eigenvalue weighted by atomic mass is 16.5. The Morgan fingerprint density at radius 1 is 1.53 bits per heavy atom. The van der Waals surface area contributed by atoms with Gasteiger partial charge in [0.25, 0.3) is 0 Å². The van der Waals surface area contributed by atoms with Crippen molar-refractivity contribution < 1.29 is 4.74 Å². The van der Waals surface area contributed by atoms with Crippen LogP contribution < -0.4 is 5.32 Å². The fraction of sp³-hybridized carbons (Fsp3) is 0.643. The number of ether oxygens (including phenoxy) is 1. The molecule has 0 saturated carbocycles.